The van der Waals surface area contributed by atoms with E-state index >= 15 is 0 Å². The van der Waals surface area contributed by atoms with Crippen LogP contribution in [0.3, 0.4) is 0 Å². The minimum absolute atomic E-state index is 0.0782. The summed E-state index contributed by atoms with van der Waals surface area (Å²) in [6.45, 7) is 1.69. The highest BCUT2D eigenvalue weighted by Gasteiger charge is 2.28. The average molecular weight is 511 g/mol. The van der Waals surface area contributed by atoms with E-state index in [2.05, 4.69) is 5.32 Å². The van der Waals surface area contributed by atoms with Gasteiger partial charge in [0.15, 0.2) is 24.8 Å². The van der Waals surface area contributed by atoms with E-state index in [0.717, 1.165) is 5.56 Å². The molecule has 0 bridgehead atoms. The lowest BCUT2D eigenvalue weighted by Gasteiger charge is -2.29. The van der Waals surface area contributed by atoms with Gasteiger partial charge in [0, 0.05) is 5.56 Å². The zero-order chi connectivity index (χ0) is 26.5. The summed E-state index contributed by atoms with van der Waals surface area (Å²) < 4.78 is 16.9. The maximum absolute atomic E-state index is 12.8. The molecule has 0 saturated heterocycles. The summed E-state index contributed by atoms with van der Waals surface area (Å²) in [6.07, 6.45) is 0. The molecule has 1 aliphatic rings. The fourth-order valence-electron chi connectivity index (χ4n) is 4.13. The molecule has 1 N–H and O–H groups in total. The molecule has 1 aliphatic heterocycles. The number of hydrogen-bond acceptors (Lipinski definition) is 6. The van der Waals surface area contributed by atoms with Gasteiger partial charge in [-0.05, 0) is 55.0 Å². The Morgan fingerprint density at radius 3 is 2.47 bits per heavy atom. The van der Waals surface area contributed by atoms with Gasteiger partial charge in [0.2, 0.25) is 0 Å². The molecule has 0 radical (unpaired) electrons. The Bertz CT molecular complexity index is 1450. The average Bonchev–Trinajstić information content (AvgIpc) is 3.43. The number of para-hydroxylation sites is 1. The first-order valence-corrected chi connectivity index (χ1v) is 12.2. The van der Waals surface area contributed by atoms with Gasteiger partial charge in [-0.25, -0.2) is 0 Å². The van der Waals surface area contributed by atoms with Crippen LogP contribution in [0.1, 0.15) is 45.2 Å². The van der Waals surface area contributed by atoms with Crippen LogP contribution in [0, 0.1) is 0 Å². The van der Waals surface area contributed by atoms with E-state index in [-0.39, 0.29) is 49.2 Å². The van der Waals surface area contributed by atoms with Crippen LogP contribution in [0.25, 0.3) is 0 Å². The van der Waals surface area contributed by atoms with Gasteiger partial charge in [-0.15, -0.1) is 0 Å². The molecule has 1 atom stereocenters. The number of Topliss-reactive ketones (excluding diaryl/α,β-unsaturated/α-hetero) is 1. The van der Waals surface area contributed by atoms with Crippen LogP contribution >= 0.6 is 0 Å². The van der Waals surface area contributed by atoms with E-state index in [4.69, 9.17) is 13.9 Å². The number of rotatable bonds is 9. The minimum Gasteiger partial charge on any atom is -0.485 e. The summed E-state index contributed by atoms with van der Waals surface area (Å²) in [4.78, 5) is 39.8. The minimum atomic E-state index is -0.354. The van der Waals surface area contributed by atoms with E-state index in [1.165, 1.54) is 4.90 Å². The van der Waals surface area contributed by atoms with Crippen molar-refractivity contribution in [2.45, 2.75) is 19.5 Å². The molecule has 1 unspecified atom stereocenters. The third kappa shape index (κ3) is 5.59. The quantitative estimate of drug-likeness (QED) is 0.320. The largest absolute Gasteiger partial charge is 0.485 e. The van der Waals surface area contributed by atoms with E-state index in [1.807, 2.05) is 55.5 Å². The van der Waals surface area contributed by atoms with Crippen molar-refractivity contribution in [3.8, 4) is 11.5 Å². The number of hydrogen-bond donors (Lipinski definition) is 1. The molecular formula is C30H26N2O6. The van der Waals surface area contributed by atoms with Gasteiger partial charge in [-0.1, -0.05) is 48.5 Å². The summed E-state index contributed by atoms with van der Waals surface area (Å²) in [6, 6.07) is 26.6. The maximum Gasteiger partial charge on any atom is 0.287 e. The Morgan fingerprint density at radius 2 is 1.71 bits per heavy atom. The zero-order valence-corrected chi connectivity index (χ0v) is 20.8. The number of carbonyl (C=O) groups is 3. The fourth-order valence-corrected chi connectivity index (χ4v) is 4.13. The summed E-state index contributed by atoms with van der Waals surface area (Å²) in [5.74, 6) is 0.758. The van der Waals surface area contributed by atoms with Gasteiger partial charge in [-0.2, -0.15) is 0 Å². The normalized spacial score (nSPS) is 13.3. The smallest absolute Gasteiger partial charge is 0.287 e. The van der Waals surface area contributed by atoms with Gasteiger partial charge in [0.1, 0.15) is 17.3 Å². The Labute approximate surface area is 219 Å². The van der Waals surface area contributed by atoms with Crippen molar-refractivity contribution in [1.82, 2.24) is 5.32 Å². The van der Waals surface area contributed by atoms with E-state index in [9.17, 15) is 14.4 Å². The number of furan rings is 1. The SMILES string of the molecule is CC(NC(=O)c1ccc(CN2C(=O)COc3ccc(C(=O)COc4ccccc4)cc32)o1)c1ccccc1. The second-order valence-corrected chi connectivity index (χ2v) is 8.85. The Balaban J connectivity index is 1.28. The second-order valence-electron chi connectivity index (χ2n) is 8.85. The highest BCUT2D eigenvalue weighted by Crippen LogP contribution is 2.34. The molecular weight excluding hydrogens is 484 g/mol. The highest BCUT2D eigenvalue weighted by molar-refractivity contribution is 6.02. The van der Waals surface area contributed by atoms with Crippen LogP contribution in [0.4, 0.5) is 5.69 Å². The van der Waals surface area contributed by atoms with Crippen LogP contribution in [-0.4, -0.2) is 30.8 Å². The van der Waals surface area contributed by atoms with E-state index < -0.39 is 0 Å². The standard InChI is InChI=1S/C30H26N2O6/c1-20(21-8-4-2-5-9-21)31-30(35)28-15-13-24(38-28)17-32-25-16-22(12-14-27(25)37-19-29(32)34)26(33)18-36-23-10-6-3-7-11-23/h2-16,20H,17-19H2,1H3,(H,31,35). The first kappa shape index (κ1) is 24.8. The van der Waals surface area contributed by atoms with E-state index in [1.54, 1.807) is 42.5 Å². The van der Waals surface area contributed by atoms with E-state index in [0.29, 0.717) is 28.5 Å². The lowest BCUT2D eigenvalue weighted by atomic mass is 10.1. The van der Waals surface area contributed by atoms with Crippen molar-refractivity contribution in [1.29, 1.82) is 0 Å². The van der Waals surface area contributed by atoms with Crippen LogP contribution in [0.15, 0.2) is 95.4 Å². The molecule has 0 aliphatic carbocycles. The Morgan fingerprint density at radius 1 is 0.974 bits per heavy atom. The Kier molecular flexibility index (Phi) is 7.21. The number of amides is 2. The molecule has 3 aromatic carbocycles. The summed E-state index contributed by atoms with van der Waals surface area (Å²) in [5.41, 5.74) is 1.81. The lowest BCUT2D eigenvalue weighted by Crippen LogP contribution is -2.38. The summed E-state index contributed by atoms with van der Waals surface area (Å²) in [5, 5.41) is 2.91. The second kappa shape index (κ2) is 11.0. The van der Waals surface area contributed by atoms with Crippen LogP contribution < -0.4 is 19.7 Å². The van der Waals surface area contributed by atoms with Crippen molar-refractivity contribution < 1.29 is 28.3 Å². The van der Waals surface area contributed by atoms with Crippen molar-refractivity contribution in [2.24, 2.45) is 0 Å². The number of fused-ring (bicyclic) bond motifs is 1. The van der Waals surface area contributed by atoms with Crippen LogP contribution in [0.5, 0.6) is 11.5 Å². The molecule has 8 heteroatoms. The van der Waals surface area contributed by atoms with Crippen LogP contribution in [-0.2, 0) is 11.3 Å². The zero-order valence-electron chi connectivity index (χ0n) is 20.8. The molecule has 2 amide bonds. The number of benzene rings is 3. The summed E-state index contributed by atoms with van der Waals surface area (Å²) in [7, 11) is 0. The molecule has 4 aromatic rings. The van der Waals surface area contributed by atoms with Gasteiger partial charge < -0.3 is 19.2 Å². The third-order valence-corrected chi connectivity index (χ3v) is 6.18. The number of carbonyl (C=O) groups excluding carboxylic acids is 3. The maximum atomic E-state index is 12.8. The van der Waals surface area contributed by atoms with Crippen molar-refractivity contribution >= 4 is 23.3 Å². The molecule has 0 fully saturated rings. The number of anilines is 1. The van der Waals surface area contributed by atoms with Crippen molar-refractivity contribution in [3.63, 3.8) is 0 Å². The number of ether oxygens (including phenoxy) is 2. The molecule has 1 aromatic heterocycles. The Hall–Kier alpha value is -4.85. The predicted molar refractivity (Wildman–Crippen MR) is 140 cm³/mol. The van der Waals surface area contributed by atoms with Crippen molar-refractivity contribution in [3.05, 3.63) is 114 Å². The first-order chi connectivity index (χ1) is 18.5. The number of ketones is 1. The number of nitrogens with one attached hydrogen (secondary N) is 1. The molecule has 5 rings (SSSR count). The topological polar surface area (TPSA) is 98.1 Å². The van der Waals surface area contributed by atoms with Crippen LogP contribution in [0.2, 0.25) is 0 Å². The van der Waals surface area contributed by atoms with Crippen molar-refractivity contribution in [2.75, 3.05) is 18.1 Å². The first-order valence-electron chi connectivity index (χ1n) is 12.2. The molecule has 2 heterocycles. The fraction of sp³-hybridized carbons (Fsp3) is 0.167. The van der Waals surface area contributed by atoms with Gasteiger partial charge in [0.25, 0.3) is 11.8 Å². The summed E-state index contributed by atoms with van der Waals surface area (Å²) >= 11 is 0. The van der Waals surface area contributed by atoms with Gasteiger partial charge in [0.05, 0.1) is 18.3 Å². The van der Waals surface area contributed by atoms with Gasteiger partial charge >= 0.3 is 0 Å². The lowest BCUT2D eigenvalue weighted by molar-refractivity contribution is -0.121. The predicted octanol–water partition coefficient (Wildman–Crippen LogP) is 4.96. The monoisotopic (exact) mass is 510 g/mol. The molecule has 192 valence electrons. The number of nitrogens with zero attached hydrogens (tertiary/aromatic N) is 1. The van der Waals surface area contributed by atoms with Gasteiger partial charge in [-0.3, -0.25) is 19.3 Å². The highest BCUT2D eigenvalue weighted by atomic mass is 16.5. The molecule has 38 heavy (non-hydrogen) atoms. The third-order valence-electron chi connectivity index (χ3n) is 6.18. The molecule has 0 saturated carbocycles. The molecule has 8 nitrogen and oxygen atoms in total. The molecule has 0 spiro atoms.